The maximum atomic E-state index is 12.2. The number of rotatable bonds is 16. The second-order valence-corrected chi connectivity index (χ2v) is 32.9. The summed E-state index contributed by atoms with van der Waals surface area (Å²) < 4.78 is 15.1. The molecule has 3 N–H and O–H groups in total. The number of aryl methyl sites for hydroxylation is 2. The van der Waals surface area contributed by atoms with Crippen molar-refractivity contribution in [2.75, 3.05) is 40.4 Å². The van der Waals surface area contributed by atoms with E-state index < -0.39 is 29.6 Å². The van der Waals surface area contributed by atoms with Gasteiger partial charge in [0.15, 0.2) is 0 Å². The van der Waals surface area contributed by atoms with Crippen LogP contribution >= 0.6 is 97.7 Å². The Bertz CT molecular complexity index is 1630. The third kappa shape index (κ3) is 25.8. The summed E-state index contributed by atoms with van der Waals surface area (Å²) in [6, 6.07) is 11.6. The van der Waals surface area contributed by atoms with E-state index in [4.69, 9.17) is 42.5 Å². The predicted octanol–water partition coefficient (Wildman–Crippen LogP) is 7.02. The zero-order valence-electron chi connectivity index (χ0n) is 36.0. The van der Waals surface area contributed by atoms with Gasteiger partial charge in [-0.05, 0) is 134 Å². The first-order valence-corrected chi connectivity index (χ1v) is 39.6. The van der Waals surface area contributed by atoms with Crippen molar-refractivity contribution in [3.63, 3.8) is 0 Å². The fourth-order valence-electron chi connectivity index (χ4n) is 6.96. The zero-order chi connectivity index (χ0) is 46.1. The molecule has 19 heteroatoms. The molecule has 0 radical (unpaired) electrons. The Hall–Kier alpha value is 0.390. The summed E-state index contributed by atoms with van der Waals surface area (Å²) in [7, 11) is 2.70. The number of benzene rings is 2. The SMILES string of the molecule is COC(=O)[C@@H](CCC(=O)O)NC1CCN(Cc2ccc(Cl)c(C)c2)CC1.COC(=O)[C@@H](CCC(=O)OC(C)(C)C)NC1CCN(Cc2ccc(Cl)c(C)c2)CC1.II.I[I-]I. The standard InChI is InChI=1S/C23H35ClN2O4.C19H27ClN2O4.I3.I2/c1-16-14-17(6-7-19(16)24)15-26-12-10-18(11-13-26)25-20(22(28)29-5)8-9-21(27)30-23(2,3)4;1-13-11-14(3-4-16(13)20)12-22-9-7-15(8-10-22)21-17(19(25)26-2)5-6-18(23)24;1-3-2;1-2/h6-7,14,18,20,25H,8-13,15H2,1-5H3;3-4,11,15,17,21H,5-10,12H2,1-2H3,(H,23,24);;/q;;-1;/t20-;17-;;/m11../s1. The predicted molar refractivity (Wildman–Crippen MR) is 275 cm³/mol. The van der Waals surface area contributed by atoms with E-state index in [1.807, 2.05) is 46.8 Å². The van der Waals surface area contributed by atoms with Gasteiger partial charge in [-0.3, -0.25) is 29.0 Å². The zero-order valence-corrected chi connectivity index (χ0v) is 48.3. The van der Waals surface area contributed by atoms with Crippen LogP contribution in [0.2, 0.25) is 10.0 Å². The Kier molecular flexibility index (Phi) is 32.1. The van der Waals surface area contributed by atoms with Crippen molar-refractivity contribution in [2.24, 2.45) is 0 Å². The first-order chi connectivity index (χ1) is 28.9. The number of likely N-dealkylation sites (tertiary alicyclic amines) is 2. The monoisotopic (exact) mass is 1450 g/mol. The molecule has 0 aromatic heterocycles. The number of piperidine rings is 2. The molecule has 2 aromatic rings. The molecule has 2 atom stereocenters. The van der Waals surface area contributed by atoms with Crippen molar-refractivity contribution in [3.8, 4) is 0 Å². The van der Waals surface area contributed by atoms with E-state index in [2.05, 4.69) is 119 Å². The third-order valence-electron chi connectivity index (χ3n) is 9.98. The number of carbonyl (C=O) groups excluding carboxylic acids is 3. The van der Waals surface area contributed by atoms with Gasteiger partial charge >= 0.3 is 74.4 Å². The van der Waals surface area contributed by atoms with Crippen LogP contribution in [0.5, 0.6) is 0 Å². The maximum absolute atomic E-state index is 12.2. The van der Waals surface area contributed by atoms with Gasteiger partial charge in [0.2, 0.25) is 0 Å². The van der Waals surface area contributed by atoms with Crippen molar-refractivity contribution in [1.29, 1.82) is 0 Å². The molecule has 0 spiro atoms. The first-order valence-electron chi connectivity index (χ1n) is 19.9. The number of carboxylic acid groups (broad SMARTS) is 1. The number of aliphatic carboxylic acids is 1. The molecule has 0 aliphatic carbocycles. The van der Waals surface area contributed by atoms with Gasteiger partial charge < -0.3 is 30.0 Å². The third-order valence-corrected chi connectivity index (χ3v) is 10.8. The molecule has 2 aromatic carbocycles. The molecule has 0 bridgehead atoms. The number of nitrogens with one attached hydrogen (secondary N) is 2. The molecule has 2 aliphatic rings. The second kappa shape index (κ2) is 33.0. The molecule has 0 amide bonds. The van der Waals surface area contributed by atoms with Crippen LogP contribution in [0, 0.1) is 13.8 Å². The molecular formula is C42H62Cl2I5N4O8-. The van der Waals surface area contributed by atoms with Crippen LogP contribution in [0.1, 0.15) is 94.4 Å². The Morgan fingerprint density at radius 3 is 1.43 bits per heavy atom. The molecule has 0 saturated carbocycles. The van der Waals surface area contributed by atoms with Gasteiger partial charge in [0.05, 0.1) is 14.2 Å². The number of carboxylic acids is 1. The van der Waals surface area contributed by atoms with Crippen molar-refractivity contribution < 1.29 is 51.8 Å². The summed E-state index contributed by atoms with van der Waals surface area (Å²) in [5.41, 5.74) is 4.15. The molecule has 4 rings (SSSR count). The van der Waals surface area contributed by atoms with E-state index in [0.29, 0.717) is 19.7 Å². The quantitative estimate of drug-likeness (QED) is 0.0903. The van der Waals surface area contributed by atoms with E-state index in [0.717, 1.165) is 86.1 Å². The van der Waals surface area contributed by atoms with Gasteiger partial charge in [-0.25, -0.2) is 0 Å². The minimum absolute atomic E-state index is 0.0540. The molecule has 12 nitrogen and oxygen atoms in total. The number of carbonyl (C=O) groups is 4. The van der Waals surface area contributed by atoms with Crippen LogP contribution in [-0.4, -0.2) is 109 Å². The van der Waals surface area contributed by atoms with Crippen molar-refractivity contribution in [3.05, 3.63) is 68.7 Å². The Morgan fingerprint density at radius 2 is 1.11 bits per heavy atom. The number of hydrogen-bond acceptors (Lipinski definition) is 11. The summed E-state index contributed by atoms with van der Waals surface area (Å²) in [5, 5.41) is 17.1. The van der Waals surface area contributed by atoms with Gasteiger partial charge in [0.1, 0.15) is 17.7 Å². The second-order valence-electron chi connectivity index (χ2n) is 15.9. The molecule has 2 fully saturated rings. The van der Waals surface area contributed by atoms with Gasteiger partial charge in [0, 0.05) is 85.3 Å². The normalized spacial score (nSPS) is 16.0. The van der Waals surface area contributed by atoms with Crippen molar-refractivity contribution >= 4 is 122 Å². The van der Waals surface area contributed by atoms with Crippen LogP contribution in [0.4, 0.5) is 0 Å². The fourth-order valence-corrected chi connectivity index (χ4v) is 7.19. The van der Waals surface area contributed by atoms with Gasteiger partial charge in [-0.2, -0.15) is 0 Å². The molecule has 61 heavy (non-hydrogen) atoms. The summed E-state index contributed by atoms with van der Waals surface area (Å²) in [5.74, 6) is -1.94. The minimum atomic E-state index is -0.909. The Morgan fingerprint density at radius 1 is 0.754 bits per heavy atom. The van der Waals surface area contributed by atoms with Crippen molar-refractivity contribution in [1.82, 2.24) is 20.4 Å². The number of hydrogen-bond donors (Lipinski definition) is 3. The summed E-state index contributed by atoms with van der Waals surface area (Å²) in [6.07, 6.45) is 4.43. The van der Waals surface area contributed by atoms with Crippen LogP contribution in [0.15, 0.2) is 36.4 Å². The summed E-state index contributed by atoms with van der Waals surface area (Å²) >= 11 is 21.7. The fraction of sp³-hybridized carbons (Fsp3) is 0.619. The van der Waals surface area contributed by atoms with Gasteiger partial charge in [-0.15, -0.1) is 0 Å². The van der Waals surface area contributed by atoms with E-state index in [-0.39, 0.29) is 43.3 Å². The summed E-state index contributed by atoms with van der Waals surface area (Å²) in [6.45, 7) is 15.0. The van der Waals surface area contributed by atoms with E-state index in [1.165, 1.54) is 25.3 Å². The van der Waals surface area contributed by atoms with E-state index in [9.17, 15) is 19.2 Å². The molecule has 2 saturated heterocycles. The van der Waals surface area contributed by atoms with Gasteiger partial charge in [-0.1, -0.05) is 47.5 Å². The molecule has 2 aliphatic heterocycles. The average molecular weight is 1460 g/mol. The number of esters is 3. The number of ether oxygens (including phenoxy) is 3. The molecule has 348 valence electrons. The average Bonchev–Trinajstić information content (AvgIpc) is 3.22. The Balaban J connectivity index is 0.000000556. The van der Waals surface area contributed by atoms with Crippen LogP contribution in [-0.2, 0) is 46.5 Å². The number of nitrogens with zero attached hydrogens (tertiary/aromatic N) is 2. The topological polar surface area (TPSA) is 147 Å². The first kappa shape index (κ1) is 59.4. The molecular weight excluding hydrogens is 1390 g/mol. The molecule has 2 heterocycles. The Labute approximate surface area is 426 Å². The molecule has 0 unspecified atom stereocenters. The van der Waals surface area contributed by atoms with E-state index in [1.54, 1.807) is 0 Å². The van der Waals surface area contributed by atoms with Crippen LogP contribution < -0.4 is 23.9 Å². The summed E-state index contributed by atoms with van der Waals surface area (Å²) in [4.78, 5) is 51.6. The van der Waals surface area contributed by atoms with Gasteiger partial charge in [0.25, 0.3) is 0 Å². The van der Waals surface area contributed by atoms with Crippen LogP contribution in [0.3, 0.4) is 0 Å². The van der Waals surface area contributed by atoms with E-state index >= 15 is 0 Å². The number of halogens is 7. The van der Waals surface area contributed by atoms with Crippen molar-refractivity contribution in [2.45, 2.75) is 129 Å². The van der Waals surface area contributed by atoms with Crippen LogP contribution in [0.25, 0.3) is 0 Å². The number of methoxy groups -OCH3 is 2.